The zero-order valence-corrected chi connectivity index (χ0v) is 14.0. The highest BCUT2D eigenvalue weighted by atomic mass is 79.9. The first-order valence-corrected chi connectivity index (χ1v) is 7.92. The Bertz CT molecular complexity index is 577. The van der Waals surface area contributed by atoms with Crippen molar-refractivity contribution in [2.45, 2.75) is 39.7 Å². The highest BCUT2D eigenvalue weighted by Gasteiger charge is 2.05. The lowest BCUT2D eigenvalue weighted by molar-refractivity contribution is 0.705. The number of halogens is 1. The zero-order chi connectivity index (χ0) is 14.5. The van der Waals surface area contributed by atoms with Crippen LogP contribution in [0.5, 0.6) is 0 Å². The summed E-state index contributed by atoms with van der Waals surface area (Å²) in [7, 11) is 0. The third-order valence-electron chi connectivity index (χ3n) is 3.54. The van der Waals surface area contributed by atoms with Crippen LogP contribution in [0.3, 0.4) is 0 Å². The average molecular weight is 332 g/mol. The molecule has 20 heavy (non-hydrogen) atoms. The van der Waals surface area contributed by atoms with Crippen LogP contribution in [0.2, 0.25) is 0 Å². The van der Waals surface area contributed by atoms with Gasteiger partial charge in [-0.25, -0.2) is 0 Å². The first-order chi connectivity index (χ1) is 9.54. The topological polar surface area (TPSA) is 12.0 Å². The highest BCUT2D eigenvalue weighted by Crippen LogP contribution is 2.21. The van der Waals surface area contributed by atoms with Crippen molar-refractivity contribution in [3.05, 3.63) is 63.6 Å². The number of hydrogen-bond donors (Lipinski definition) is 1. The Morgan fingerprint density at radius 3 is 2.60 bits per heavy atom. The Hall–Kier alpha value is -1.28. The van der Waals surface area contributed by atoms with Gasteiger partial charge in [0, 0.05) is 16.2 Å². The summed E-state index contributed by atoms with van der Waals surface area (Å²) in [6.45, 7) is 6.54. The van der Waals surface area contributed by atoms with E-state index in [0.29, 0.717) is 6.04 Å². The zero-order valence-electron chi connectivity index (χ0n) is 12.4. The van der Waals surface area contributed by atoms with Crippen molar-refractivity contribution < 1.29 is 0 Å². The van der Waals surface area contributed by atoms with Crippen LogP contribution in [-0.2, 0) is 6.42 Å². The third-order valence-corrected chi connectivity index (χ3v) is 4.03. The minimum atomic E-state index is 0.468. The Morgan fingerprint density at radius 1 is 1.10 bits per heavy atom. The molecule has 1 atom stereocenters. The molecule has 0 spiro atoms. The lowest BCUT2D eigenvalue weighted by Gasteiger charge is -2.17. The summed E-state index contributed by atoms with van der Waals surface area (Å²) in [6.07, 6.45) is 2.25. The Morgan fingerprint density at radius 2 is 1.90 bits per heavy atom. The SMILES string of the molecule is Cc1cccc(CCC(C)Nc2ccc(Br)cc2C)c1. The van der Waals surface area contributed by atoms with Crippen LogP contribution in [0.15, 0.2) is 46.9 Å². The van der Waals surface area contributed by atoms with E-state index in [1.807, 2.05) is 0 Å². The van der Waals surface area contributed by atoms with Gasteiger partial charge >= 0.3 is 0 Å². The minimum absolute atomic E-state index is 0.468. The summed E-state index contributed by atoms with van der Waals surface area (Å²) < 4.78 is 1.13. The first kappa shape index (κ1) is 15.1. The summed E-state index contributed by atoms with van der Waals surface area (Å²) in [5, 5.41) is 3.60. The van der Waals surface area contributed by atoms with Crippen molar-refractivity contribution in [3.63, 3.8) is 0 Å². The molecule has 0 saturated heterocycles. The fourth-order valence-corrected chi connectivity index (χ4v) is 2.85. The number of rotatable bonds is 5. The van der Waals surface area contributed by atoms with Gasteiger partial charge in [0.15, 0.2) is 0 Å². The van der Waals surface area contributed by atoms with Gasteiger partial charge in [0.1, 0.15) is 0 Å². The summed E-state index contributed by atoms with van der Waals surface area (Å²) in [5.74, 6) is 0. The molecule has 0 aliphatic heterocycles. The van der Waals surface area contributed by atoms with Crippen molar-refractivity contribution in [1.82, 2.24) is 0 Å². The molecule has 2 aromatic carbocycles. The van der Waals surface area contributed by atoms with Crippen molar-refractivity contribution >= 4 is 21.6 Å². The van der Waals surface area contributed by atoms with E-state index in [1.54, 1.807) is 0 Å². The van der Waals surface area contributed by atoms with E-state index in [2.05, 4.69) is 84.5 Å². The molecular weight excluding hydrogens is 310 g/mol. The molecule has 2 heteroatoms. The molecule has 2 aromatic rings. The fraction of sp³-hybridized carbons (Fsp3) is 0.333. The van der Waals surface area contributed by atoms with Gasteiger partial charge in [-0.1, -0.05) is 45.8 Å². The number of hydrogen-bond acceptors (Lipinski definition) is 1. The van der Waals surface area contributed by atoms with Crippen LogP contribution in [0, 0.1) is 13.8 Å². The molecule has 0 heterocycles. The molecular formula is C18H22BrN. The van der Waals surface area contributed by atoms with Crippen LogP contribution >= 0.6 is 15.9 Å². The summed E-state index contributed by atoms with van der Waals surface area (Å²) >= 11 is 3.50. The van der Waals surface area contributed by atoms with Gasteiger partial charge in [-0.05, 0) is 62.9 Å². The predicted molar refractivity (Wildman–Crippen MR) is 91.5 cm³/mol. The monoisotopic (exact) mass is 331 g/mol. The lowest BCUT2D eigenvalue weighted by Crippen LogP contribution is -2.16. The second kappa shape index (κ2) is 6.94. The standard InChI is InChI=1S/C18H22BrN/c1-13-5-4-6-16(11-13)8-7-15(3)20-18-10-9-17(19)12-14(18)2/h4-6,9-12,15,20H,7-8H2,1-3H3. The van der Waals surface area contributed by atoms with Crippen LogP contribution in [0.25, 0.3) is 0 Å². The Kier molecular flexibility index (Phi) is 5.24. The maximum Gasteiger partial charge on any atom is 0.0372 e. The van der Waals surface area contributed by atoms with Gasteiger partial charge in [-0.3, -0.25) is 0 Å². The second-order valence-electron chi connectivity index (χ2n) is 5.53. The number of anilines is 1. The summed E-state index contributed by atoms with van der Waals surface area (Å²) in [5.41, 5.74) is 5.27. The average Bonchev–Trinajstić information content (AvgIpc) is 2.40. The molecule has 0 saturated carbocycles. The Balaban J connectivity index is 1.90. The van der Waals surface area contributed by atoms with Crippen molar-refractivity contribution in [1.29, 1.82) is 0 Å². The normalized spacial score (nSPS) is 12.2. The minimum Gasteiger partial charge on any atom is -0.382 e. The maximum atomic E-state index is 3.60. The molecule has 0 fully saturated rings. The quantitative estimate of drug-likeness (QED) is 0.762. The second-order valence-corrected chi connectivity index (χ2v) is 6.45. The van der Waals surface area contributed by atoms with Gasteiger partial charge in [0.05, 0.1) is 0 Å². The molecule has 106 valence electrons. The maximum absolute atomic E-state index is 3.60. The van der Waals surface area contributed by atoms with Crippen LogP contribution in [0.4, 0.5) is 5.69 Å². The first-order valence-electron chi connectivity index (χ1n) is 7.13. The molecule has 0 amide bonds. The molecule has 0 aromatic heterocycles. The molecule has 1 unspecified atom stereocenters. The van der Waals surface area contributed by atoms with E-state index >= 15 is 0 Å². The number of nitrogens with one attached hydrogen (secondary N) is 1. The number of benzene rings is 2. The van der Waals surface area contributed by atoms with Gasteiger partial charge in [0.2, 0.25) is 0 Å². The van der Waals surface area contributed by atoms with Crippen LogP contribution < -0.4 is 5.32 Å². The molecule has 1 nitrogen and oxygen atoms in total. The molecule has 1 N–H and O–H groups in total. The Labute approximate surface area is 130 Å². The van der Waals surface area contributed by atoms with E-state index in [0.717, 1.165) is 17.3 Å². The summed E-state index contributed by atoms with van der Waals surface area (Å²) in [6, 6.07) is 15.6. The van der Waals surface area contributed by atoms with Gasteiger partial charge in [-0.15, -0.1) is 0 Å². The molecule has 0 radical (unpaired) electrons. The fourth-order valence-electron chi connectivity index (χ4n) is 2.38. The third kappa shape index (κ3) is 4.38. The molecule has 2 rings (SSSR count). The highest BCUT2D eigenvalue weighted by molar-refractivity contribution is 9.10. The van der Waals surface area contributed by atoms with E-state index in [-0.39, 0.29) is 0 Å². The smallest absolute Gasteiger partial charge is 0.0372 e. The van der Waals surface area contributed by atoms with Crippen molar-refractivity contribution in [3.8, 4) is 0 Å². The van der Waals surface area contributed by atoms with E-state index in [9.17, 15) is 0 Å². The van der Waals surface area contributed by atoms with E-state index in [1.165, 1.54) is 22.4 Å². The van der Waals surface area contributed by atoms with Gasteiger partial charge < -0.3 is 5.32 Å². The van der Waals surface area contributed by atoms with Crippen LogP contribution in [0.1, 0.15) is 30.0 Å². The lowest BCUT2D eigenvalue weighted by atomic mass is 10.0. The van der Waals surface area contributed by atoms with Crippen molar-refractivity contribution in [2.75, 3.05) is 5.32 Å². The van der Waals surface area contributed by atoms with Gasteiger partial charge in [-0.2, -0.15) is 0 Å². The van der Waals surface area contributed by atoms with Gasteiger partial charge in [0.25, 0.3) is 0 Å². The predicted octanol–water partition coefficient (Wildman–Crippen LogP) is 5.50. The van der Waals surface area contributed by atoms with E-state index < -0.39 is 0 Å². The molecule has 0 aliphatic rings. The molecule has 0 bridgehead atoms. The largest absolute Gasteiger partial charge is 0.382 e. The van der Waals surface area contributed by atoms with E-state index in [4.69, 9.17) is 0 Å². The molecule has 0 aliphatic carbocycles. The van der Waals surface area contributed by atoms with Crippen molar-refractivity contribution in [2.24, 2.45) is 0 Å². The van der Waals surface area contributed by atoms with Crippen LogP contribution in [-0.4, -0.2) is 6.04 Å². The number of aryl methyl sites for hydroxylation is 3. The summed E-state index contributed by atoms with van der Waals surface area (Å²) in [4.78, 5) is 0.